The Kier molecular flexibility index (Phi) is 4.97. The van der Waals surface area contributed by atoms with E-state index in [0.29, 0.717) is 6.54 Å². The van der Waals surface area contributed by atoms with Crippen molar-refractivity contribution in [3.8, 4) is 6.07 Å². The number of piperidine rings is 1. The molecule has 5 nitrogen and oxygen atoms in total. The average molecular weight is 251 g/mol. The summed E-state index contributed by atoms with van der Waals surface area (Å²) in [5.41, 5.74) is 0. The van der Waals surface area contributed by atoms with E-state index in [1.54, 1.807) is 0 Å². The number of likely N-dealkylation sites (tertiary alicyclic amines) is 1. The van der Waals surface area contributed by atoms with Crippen LogP contribution in [0.15, 0.2) is 0 Å². The van der Waals surface area contributed by atoms with Gasteiger partial charge in [0.2, 0.25) is 5.91 Å². The van der Waals surface area contributed by atoms with Crippen molar-refractivity contribution >= 4 is 5.91 Å². The number of nitrogens with one attached hydrogen (secondary N) is 1. The van der Waals surface area contributed by atoms with Gasteiger partial charge in [0.1, 0.15) is 0 Å². The van der Waals surface area contributed by atoms with E-state index in [1.165, 1.54) is 0 Å². The number of ether oxygens (including phenoxy) is 1. The first-order valence-corrected chi connectivity index (χ1v) is 6.77. The molecule has 1 N–H and O–H groups in total. The average Bonchev–Trinajstić information content (AvgIpc) is 2.40. The maximum atomic E-state index is 11.9. The normalized spacial score (nSPS) is 23.5. The second-order valence-corrected chi connectivity index (χ2v) is 5.13. The van der Waals surface area contributed by atoms with Crippen LogP contribution >= 0.6 is 0 Å². The molecular weight excluding hydrogens is 230 g/mol. The number of nitriles is 1. The van der Waals surface area contributed by atoms with E-state index < -0.39 is 0 Å². The topological polar surface area (TPSA) is 65.4 Å². The summed E-state index contributed by atoms with van der Waals surface area (Å²) < 4.78 is 5.26. The maximum absolute atomic E-state index is 11.9. The lowest BCUT2D eigenvalue weighted by atomic mass is 9.99. The van der Waals surface area contributed by atoms with Crippen LogP contribution in [-0.2, 0) is 9.53 Å². The fraction of sp³-hybridized carbons (Fsp3) is 0.846. The molecular formula is C13H21N3O2. The third-order valence-electron chi connectivity index (χ3n) is 3.72. The molecule has 0 aromatic heterocycles. The molecule has 0 aromatic carbocycles. The Bertz CT molecular complexity index is 313. The Balaban J connectivity index is 1.66. The predicted octanol–water partition coefficient (Wildman–Crippen LogP) is 0.517. The zero-order chi connectivity index (χ0) is 12.8. The minimum absolute atomic E-state index is 0.109. The van der Waals surface area contributed by atoms with Gasteiger partial charge in [-0.2, -0.15) is 5.26 Å². The van der Waals surface area contributed by atoms with E-state index in [-0.39, 0.29) is 17.9 Å². The summed E-state index contributed by atoms with van der Waals surface area (Å²) in [7, 11) is 0. The van der Waals surface area contributed by atoms with Crippen LogP contribution < -0.4 is 5.32 Å². The van der Waals surface area contributed by atoms with Crippen LogP contribution in [0.2, 0.25) is 0 Å². The van der Waals surface area contributed by atoms with Crippen LogP contribution in [0.1, 0.15) is 25.7 Å². The van der Waals surface area contributed by atoms with Crippen molar-refractivity contribution < 1.29 is 9.53 Å². The largest absolute Gasteiger partial charge is 0.381 e. The van der Waals surface area contributed by atoms with Crippen molar-refractivity contribution in [3.63, 3.8) is 0 Å². The molecule has 2 aliphatic rings. The highest BCUT2D eigenvalue weighted by Gasteiger charge is 2.22. The zero-order valence-electron chi connectivity index (χ0n) is 10.7. The Morgan fingerprint density at radius 3 is 2.56 bits per heavy atom. The Morgan fingerprint density at radius 1 is 1.28 bits per heavy atom. The van der Waals surface area contributed by atoms with Crippen molar-refractivity contribution in [2.45, 2.75) is 31.7 Å². The summed E-state index contributed by atoms with van der Waals surface area (Å²) in [5.74, 6) is 0.289. The van der Waals surface area contributed by atoms with E-state index in [2.05, 4.69) is 16.3 Å². The Hall–Kier alpha value is -1.12. The molecule has 2 fully saturated rings. The molecule has 2 saturated heterocycles. The second-order valence-electron chi connectivity index (χ2n) is 5.13. The van der Waals surface area contributed by atoms with Gasteiger partial charge in [-0.15, -0.1) is 0 Å². The molecule has 0 bridgehead atoms. The number of hydrogen-bond donors (Lipinski definition) is 1. The number of carbonyl (C=O) groups is 1. The van der Waals surface area contributed by atoms with E-state index in [0.717, 1.165) is 52.0 Å². The molecule has 0 atom stereocenters. The van der Waals surface area contributed by atoms with Gasteiger partial charge < -0.3 is 10.1 Å². The molecule has 0 saturated carbocycles. The van der Waals surface area contributed by atoms with Gasteiger partial charge in [-0.25, -0.2) is 0 Å². The van der Waals surface area contributed by atoms with Crippen molar-refractivity contribution in [1.29, 1.82) is 5.26 Å². The standard InChI is InChI=1S/C13H21N3O2/c14-9-11-1-5-16(6-2-11)10-13(17)15-12-3-7-18-8-4-12/h11-12H,1-8,10H2,(H,15,17). The summed E-state index contributed by atoms with van der Waals surface area (Å²) in [5, 5.41) is 11.9. The SMILES string of the molecule is N#CC1CCN(CC(=O)NC2CCOCC2)CC1. The second kappa shape index (κ2) is 6.72. The van der Waals surface area contributed by atoms with Gasteiger partial charge in [0.15, 0.2) is 0 Å². The summed E-state index contributed by atoms with van der Waals surface area (Å²) in [6, 6.07) is 2.58. The highest BCUT2D eigenvalue weighted by molar-refractivity contribution is 5.78. The fourth-order valence-corrected chi connectivity index (χ4v) is 2.54. The van der Waals surface area contributed by atoms with Crippen LogP contribution in [0.4, 0.5) is 0 Å². The summed E-state index contributed by atoms with van der Waals surface area (Å²) in [6.07, 6.45) is 3.62. The van der Waals surface area contributed by atoms with Gasteiger partial charge in [0, 0.05) is 25.2 Å². The van der Waals surface area contributed by atoms with E-state index >= 15 is 0 Å². The number of rotatable bonds is 3. The van der Waals surface area contributed by atoms with Crippen LogP contribution in [-0.4, -0.2) is 49.7 Å². The van der Waals surface area contributed by atoms with E-state index in [9.17, 15) is 4.79 Å². The monoisotopic (exact) mass is 251 g/mol. The number of nitrogens with zero attached hydrogens (tertiary/aromatic N) is 2. The van der Waals surface area contributed by atoms with Crippen LogP contribution in [0.5, 0.6) is 0 Å². The minimum atomic E-state index is 0.109. The zero-order valence-corrected chi connectivity index (χ0v) is 10.7. The van der Waals surface area contributed by atoms with Crippen molar-refractivity contribution in [1.82, 2.24) is 10.2 Å². The van der Waals surface area contributed by atoms with Crippen molar-refractivity contribution in [2.75, 3.05) is 32.8 Å². The molecule has 5 heteroatoms. The molecule has 2 rings (SSSR count). The van der Waals surface area contributed by atoms with Crippen LogP contribution in [0.25, 0.3) is 0 Å². The van der Waals surface area contributed by atoms with Gasteiger partial charge in [-0.05, 0) is 38.8 Å². The third kappa shape index (κ3) is 3.97. The van der Waals surface area contributed by atoms with Crippen LogP contribution in [0.3, 0.4) is 0 Å². The van der Waals surface area contributed by atoms with E-state index in [1.807, 2.05) is 0 Å². The number of carbonyl (C=O) groups excluding carboxylic acids is 1. The molecule has 0 spiro atoms. The lowest BCUT2D eigenvalue weighted by Gasteiger charge is -2.29. The summed E-state index contributed by atoms with van der Waals surface area (Å²) in [6.45, 7) is 3.69. The third-order valence-corrected chi connectivity index (χ3v) is 3.72. The number of hydrogen-bond acceptors (Lipinski definition) is 4. The molecule has 2 heterocycles. The Labute approximate surface area is 108 Å². The van der Waals surface area contributed by atoms with E-state index in [4.69, 9.17) is 10.00 Å². The van der Waals surface area contributed by atoms with Gasteiger partial charge in [0.05, 0.1) is 12.6 Å². The lowest BCUT2D eigenvalue weighted by Crippen LogP contribution is -2.46. The molecule has 0 radical (unpaired) electrons. The van der Waals surface area contributed by atoms with Gasteiger partial charge in [-0.1, -0.05) is 0 Å². The van der Waals surface area contributed by atoms with Crippen molar-refractivity contribution in [3.05, 3.63) is 0 Å². The van der Waals surface area contributed by atoms with Gasteiger partial charge >= 0.3 is 0 Å². The first kappa shape index (κ1) is 13.3. The molecule has 100 valence electrons. The fourth-order valence-electron chi connectivity index (χ4n) is 2.54. The summed E-state index contributed by atoms with van der Waals surface area (Å²) >= 11 is 0. The Morgan fingerprint density at radius 2 is 1.94 bits per heavy atom. The molecule has 1 amide bonds. The quantitative estimate of drug-likeness (QED) is 0.794. The molecule has 2 aliphatic heterocycles. The molecule has 0 unspecified atom stereocenters. The first-order chi connectivity index (χ1) is 8.78. The van der Waals surface area contributed by atoms with Gasteiger partial charge in [0.25, 0.3) is 0 Å². The smallest absolute Gasteiger partial charge is 0.234 e. The minimum Gasteiger partial charge on any atom is -0.381 e. The van der Waals surface area contributed by atoms with Crippen LogP contribution in [0, 0.1) is 17.2 Å². The highest BCUT2D eigenvalue weighted by atomic mass is 16.5. The predicted molar refractivity (Wildman–Crippen MR) is 66.8 cm³/mol. The summed E-state index contributed by atoms with van der Waals surface area (Å²) in [4.78, 5) is 14.0. The van der Waals surface area contributed by atoms with Gasteiger partial charge in [-0.3, -0.25) is 9.69 Å². The maximum Gasteiger partial charge on any atom is 0.234 e. The highest BCUT2D eigenvalue weighted by Crippen LogP contribution is 2.15. The molecule has 0 aromatic rings. The van der Waals surface area contributed by atoms with Crippen molar-refractivity contribution in [2.24, 2.45) is 5.92 Å². The lowest BCUT2D eigenvalue weighted by molar-refractivity contribution is -0.123. The molecule has 0 aliphatic carbocycles. The number of amides is 1. The molecule has 18 heavy (non-hydrogen) atoms. The first-order valence-electron chi connectivity index (χ1n) is 6.77.